The average molecular weight is 267 g/mol. The normalized spacial score (nSPS) is 10.6. The van der Waals surface area contributed by atoms with Gasteiger partial charge in [0, 0.05) is 24.7 Å². The van der Waals surface area contributed by atoms with Crippen molar-refractivity contribution in [2.24, 2.45) is 0 Å². The molecule has 0 amide bonds. The van der Waals surface area contributed by atoms with E-state index < -0.39 is 0 Å². The number of hydrogen-bond donors (Lipinski definition) is 0. The molecule has 1 heterocycles. The fourth-order valence-electron chi connectivity index (χ4n) is 2.59. The van der Waals surface area contributed by atoms with Crippen LogP contribution in [-0.4, -0.2) is 10.8 Å². The fraction of sp³-hybridized carbons (Fsp3) is 0.333. The predicted molar refractivity (Wildman–Crippen MR) is 81.9 cm³/mol. The lowest BCUT2D eigenvalue weighted by Gasteiger charge is -2.10. The smallest absolute Gasteiger partial charge is 0.137 e. The molecule has 2 nitrogen and oxygen atoms in total. The number of benzene rings is 1. The van der Waals surface area contributed by atoms with Crippen LogP contribution in [0.2, 0.25) is 0 Å². The van der Waals surface area contributed by atoms with Gasteiger partial charge in [-0.2, -0.15) is 0 Å². The second kappa shape index (κ2) is 6.47. The molecule has 0 unspecified atom stereocenters. The number of ketones is 1. The highest BCUT2D eigenvalue weighted by molar-refractivity contribution is 5.81. The lowest BCUT2D eigenvalue weighted by Crippen LogP contribution is -2.08. The second-order valence-corrected chi connectivity index (χ2v) is 5.41. The van der Waals surface area contributed by atoms with E-state index in [2.05, 4.69) is 37.9 Å². The molecule has 0 aliphatic heterocycles. The van der Waals surface area contributed by atoms with Crippen molar-refractivity contribution >= 4 is 5.78 Å². The van der Waals surface area contributed by atoms with Crippen LogP contribution < -0.4 is 0 Å². The Balaban J connectivity index is 1.98. The first-order valence-corrected chi connectivity index (χ1v) is 7.04. The van der Waals surface area contributed by atoms with Gasteiger partial charge in [-0.05, 0) is 56.0 Å². The molecule has 0 spiro atoms. The molecular formula is C18H21NO. The molecule has 0 bridgehead atoms. The average Bonchev–Trinajstić information content (AvgIpc) is 2.42. The molecule has 2 heteroatoms. The number of carbonyl (C=O) groups is 1. The minimum atomic E-state index is 0.283. The SMILES string of the molecule is Cc1cc(C)c(CC(=O)CCc2ccccn2)c(C)c1. The molecule has 0 N–H and O–H groups in total. The standard InChI is InChI=1S/C18H21NO/c1-13-10-14(2)18(15(3)11-13)12-17(20)8-7-16-6-4-5-9-19-16/h4-6,9-11H,7-8,12H2,1-3H3. The van der Waals surface area contributed by atoms with E-state index in [1.165, 1.54) is 22.3 Å². The van der Waals surface area contributed by atoms with Crippen molar-refractivity contribution in [3.63, 3.8) is 0 Å². The maximum Gasteiger partial charge on any atom is 0.137 e. The van der Waals surface area contributed by atoms with Crippen molar-refractivity contribution in [1.29, 1.82) is 0 Å². The lowest BCUT2D eigenvalue weighted by atomic mass is 9.94. The summed E-state index contributed by atoms with van der Waals surface area (Å²) in [5.41, 5.74) is 5.85. The van der Waals surface area contributed by atoms with Crippen LogP contribution in [0.25, 0.3) is 0 Å². The fourth-order valence-corrected chi connectivity index (χ4v) is 2.59. The van der Waals surface area contributed by atoms with Crippen LogP contribution in [0.4, 0.5) is 0 Å². The van der Waals surface area contributed by atoms with Gasteiger partial charge in [0.15, 0.2) is 0 Å². The molecule has 0 saturated carbocycles. The molecule has 1 aromatic heterocycles. The summed E-state index contributed by atoms with van der Waals surface area (Å²) >= 11 is 0. The summed E-state index contributed by atoms with van der Waals surface area (Å²) < 4.78 is 0. The molecule has 2 aromatic rings. The van der Waals surface area contributed by atoms with Gasteiger partial charge in [-0.3, -0.25) is 9.78 Å². The van der Waals surface area contributed by atoms with Crippen molar-refractivity contribution in [2.45, 2.75) is 40.0 Å². The van der Waals surface area contributed by atoms with Crippen LogP contribution in [0.15, 0.2) is 36.5 Å². The lowest BCUT2D eigenvalue weighted by molar-refractivity contribution is -0.118. The Morgan fingerprint density at radius 1 is 1.10 bits per heavy atom. The molecule has 0 atom stereocenters. The first-order chi connectivity index (χ1) is 9.56. The molecular weight excluding hydrogens is 246 g/mol. The van der Waals surface area contributed by atoms with E-state index >= 15 is 0 Å². The molecule has 0 saturated heterocycles. The van der Waals surface area contributed by atoms with Crippen molar-refractivity contribution in [1.82, 2.24) is 4.98 Å². The minimum Gasteiger partial charge on any atom is -0.299 e. The Bertz CT molecular complexity index is 579. The van der Waals surface area contributed by atoms with Gasteiger partial charge in [-0.1, -0.05) is 23.8 Å². The summed E-state index contributed by atoms with van der Waals surface area (Å²) in [6.07, 6.45) is 3.59. The summed E-state index contributed by atoms with van der Waals surface area (Å²) in [5.74, 6) is 0.283. The van der Waals surface area contributed by atoms with E-state index in [1.807, 2.05) is 18.2 Å². The topological polar surface area (TPSA) is 30.0 Å². The first kappa shape index (κ1) is 14.4. The summed E-state index contributed by atoms with van der Waals surface area (Å²) in [4.78, 5) is 16.4. The molecule has 0 aliphatic rings. The van der Waals surface area contributed by atoms with Crippen molar-refractivity contribution in [2.75, 3.05) is 0 Å². The van der Waals surface area contributed by atoms with Crippen LogP contribution in [0.3, 0.4) is 0 Å². The van der Waals surface area contributed by atoms with Crippen LogP contribution in [0.5, 0.6) is 0 Å². The van der Waals surface area contributed by atoms with Crippen LogP contribution in [0, 0.1) is 20.8 Å². The molecule has 0 radical (unpaired) electrons. The number of pyridine rings is 1. The Labute approximate surface area is 120 Å². The van der Waals surface area contributed by atoms with E-state index in [0.717, 1.165) is 12.1 Å². The van der Waals surface area contributed by atoms with Gasteiger partial charge in [-0.15, -0.1) is 0 Å². The van der Waals surface area contributed by atoms with Crippen LogP contribution in [-0.2, 0) is 17.6 Å². The van der Waals surface area contributed by atoms with Gasteiger partial charge in [-0.25, -0.2) is 0 Å². The largest absolute Gasteiger partial charge is 0.299 e. The Kier molecular flexibility index (Phi) is 4.67. The minimum absolute atomic E-state index is 0.283. The maximum absolute atomic E-state index is 12.1. The quantitative estimate of drug-likeness (QED) is 0.825. The number of aromatic nitrogens is 1. The van der Waals surface area contributed by atoms with E-state index in [4.69, 9.17) is 0 Å². The molecule has 1 aromatic carbocycles. The number of nitrogens with zero attached hydrogens (tertiary/aromatic N) is 1. The highest BCUT2D eigenvalue weighted by Gasteiger charge is 2.10. The summed E-state index contributed by atoms with van der Waals surface area (Å²) in [6, 6.07) is 10.1. The van der Waals surface area contributed by atoms with Gasteiger partial charge in [0.1, 0.15) is 5.78 Å². The van der Waals surface area contributed by atoms with E-state index in [-0.39, 0.29) is 5.78 Å². The third-order valence-electron chi connectivity index (χ3n) is 3.60. The zero-order valence-electron chi connectivity index (χ0n) is 12.4. The van der Waals surface area contributed by atoms with E-state index in [1.54, 1.807) is 6.20 Å². The monoisotopic (exact) mass is 267 g/mol. The Hall–Kier alpha value is -1.96. The second-order valence-electron chi connectivity index (χ2n) is 5.41. The number of rotatable bonds is 5. The molecule has 20 heavy (non-hydrogen) atoms. The van der Waals surface area contributed by atoms with Crippen molar-refractivity contribution in [3.05, 3.63) is 64.5 Å². The summed E-state index contributed by atoms with van der Waals surface area (Å²) in [6.45, 7) is 6.26. The van der Waals surface area contributed by atoms with Crippen molar-refractivity contribution < 1.29 is 4.79 Å². The summed E-state index contributed by atoms with van der Waals surface area (Å²) in [7, 11) is 0. The van der Waals surface area contributed by atoms with Crippen molar-refractivity contribution in [3.8, 4) is 0 Å². The van der Waals surface area contributed by atoms with E-state index in [9.17, 15) is 4.79 Å². The first-order valence-electron chi connectivity index (χ1n) is 7.04. The third kappa shape index (κ3) is 3.77. The summed E-state index contributed by atoms with van der Waals surface area (Å²) in [5, 5.41) is 0. The molecule has 0 fully saturated rings. The zero-order chi connectivity index (χ0) is 14.5. The Morgan fingerprint density at radius 3 is 2.40 bits per heavy atom. The molecule has 0 aliphatic carbocycles. The van der Waals surface area contributed by atoms with Crippen LogP contribution >= 0.6 is 0 Å². The highest BCUT2D eigenvalue weighted by atomic mass is 16.1. The predicted octanol–water partition coefficient (Wildman–Crippen LogP) is 3.75. The van der Waals surface area contributed by atoms with Gasteiger partial charge in [0.25, 0.3) is 0 Å². The van der Waals surface area contributed by atoms with E-state index in [0.29, 0.717) is 12.8 Å². The Morgan fingerprint density at radius 2 is 1.80 bits per heavy atom. The number of Topliss-reactive ketones (excluding diaryl/α,β-unsaturated/α-hetero) is 1. The third-order valence-corrected chi connectivity index (χ3v) is 3.60. The molecule has 2 rings (SSSR count). The zero-order valence-corrected chi connectivity index (χ0v) is 12.4. The number of aryl methyl sites for hydroxylation is 4. The maximum atomic E-state index is 12.1. The van der Waals surface area contributed by atoms with Gasteiger partial charge < -0.3 is 0 Å². The van der Waals surface area contributed by atoms with Gasteiger partial charge in [0.05, 0.1) is 0 Å². The van der Waals surface area contributed by atoms with Crippen LogP contribution in [0.1, 0.15) is 34.4 Å². The molecule has 104 valence electrons. The van der Waals surface area contributed by atoms with Gasteiger partial charge in [0.2, 0.25) is 0 Å². The van der Waals surface area contributed by atoms with Gasteiger partial charge >= 0.3 is 0 Å². The number of carbonyl (C=O) groups excluding carboxylic acids is 1. The number of hydrogen-bond acceptors (Lipinski definition) is 2. The highest BCUT2D eigenvalue weighted by Crippen LogP contribution is 2.18.